The van der Waals surface area contributed by atoms with E-state index in [0.29, 0.717) is 19.5 Å². The zero-order valence-corrected chi connectivity index (χ0v) is 12.2. The number of carbonyl (C=O) groups is 1. The highest BCUT2D eigenvalue weighted by Crippen LogP contribution is 2.12. The molecular formula is C15H23NO3. The first-order valence-electron chi connectivity index (χ1n) is 6.46. The van der Waals surface area contributed by atoms with E-state index in [1.54, 1.807) is 7.11 Å². The summed E-state index contributed by atoms with van der Waals surface area (Å²) < 4.78 is 10.4. The normalized spacial score (nSPS) is 11.2. The van der Waals surface area contributed by atoms with Gasteiger partial charge in [0.05, 0.1) is 13.5 Å². The van der Waals surface area contributed by atoms with E-state index in [-0.39, 0.29) is 5.97 Å². The summed E-state index contributed by atoms with van der Waals surface area (Å²) >= 11 is 0. The lowest BCUT2D eigenvalue weighted by Gasteiger charge is -2.19. The lowest BCUT2D eigenvalue weighted by atomic mass is 10.2. The summed E-state index contributed by atoms with van der Waals surface area (Å²) in [6.45, 7) is 6.92. The molecule has 0 spiro atoms. The first-order valence-corrected chi connectivity index (χ1v) is 6.46. The van der Waals surface area contributed by atoms with Gasteiger partial charge in [0.15, 0.2) is 0 Å². The van der Waals surface area contributed by atoms with Crippen molar-refractivity contribution in [2.45, 2.75) is 39.3 Å². The first kappa shape index (κ1) is 15.5. The Morgan fingerprint density at radius 3 is 2.68 bits per heavy atom. The summed E-state index contributed by atoms with van der Waals surface area (Å²) in [4.78, 5) is 11.5. The van der Waals surface area contributed by atoms with Crippen molar-refractivity contribution >= 4 is 5.97 Å². The van der Waals surface area contributed by atoms with Crippen LogP contribution in [0.5, 0.6) is 5.75 Å². The predicted octanol–water partition coefficient (Wildman–Crippen LogP) is 2.52. The number of esters is 1. The molecule has 19 heavy (non-hydrogen) atoms. The van der Waals surface area contributed by atoms with Gasteiger partial charge in [0.2, 0.25) is 0 Å². The molecular weight excluding hydrogens is 242 g/mol. The second kappa shape index (κ2) is 7.14. The van der Waals surface area contributed by atoms with Crippen LogP contribution in [0.4, 0.5) is 0 Å². The fourth-order valence-electron chi connectivity index (χ4n) is 1.60. The minimum absolute atomic E-state index is 0.175. The van der Waals surface area contributed by atoms with Gasteiger partial charge in [-0.1, -0.05) is 12.1 Å². The summed E-state index contributed by atoms with van der Waals surface area (Å²) in [6.07, 6.45) is 0.376. The maximum Gasteiger partial charge on any atom is 0.307 e. The van der Waals surface area contributed by atoms with Crippen LogP contribution in [0.1, 0.15) is 32.8 Å². The first-order chi connectivity index (χ1) is 8.90. The zero-order valence-electron chi connectivity index (χ0n) is 12.2. The summed E-state index contributed by atoms with van der Waals surface area (Å²) in [5, 5.41) is 3.21. The van der Waals surface area contributed by atoms with E-state index in [0.717, 1.165) is 11.3 Å². The molecule has 0 aliphatic carbocycles. The molecule has 1 rings (SSSR count). The third-order valence-corrected chi connectivity index (χ3v) is 2.39. The van der Waals surface area contributed by atoms with Gasteiger partial charge in [0, 0.05) is 13.1 Å². The molecule has 0 saturated heterocycles. The SMILES string of the molecule is COc1cccc(CNCCC(=O)OC(C)(C)C)c1. The van der Waals surface area contributed by atoms with Gasteiger partial charge in [-0.2, -0.15) is 0 Å². The highest BCUT2D eigenvalue weighted by molar-refractivity contribution is 5.70. The van der Waals surface area contributed by atoms with E-state index in [4.69, 9.17) is 9.47 Å². The van der Waals surface area contributed by atoms with E-state index in [9.17, 15) is 4.79 Å². The zero-order chi connectivity index (χ0) is 14.3. The van der Waals surface area contributed by atoms with Gasteiger partial charge in [-0.3, -0.25) is 4.79 Å². The van der Waals surface area contributed by atoms with Crippen molar-refractivity contribution in [2.24, 2.45) is 0 Å². The van der Waals surface area contributed by atoms with Crippen LogP contribution in [0, 0.1) is 0 Å². The number of hydrogen-bond acceptors (Lipinski definition) is 4. The maximum absolute atomic E-state index is 11.5. The highest BCUT2D eigenvalue weighted by Gasteiger charge is 2.15. The Morgan fingerprint density at radius 2 is 2.05 bits per heavy atom. The number of benzene rings is 1. The van der Waals surface area contributed by atoms with E-state index in [2.05, 4.69) is 5.32 Å². The average molecular weight is 265 g/mol. The second-order valence-electron chi connectivity index (χ2n) is 5.36. The number of ether oxygens (including phenoxy) is 2. The molecule has 0 aliphatic heterocycles. The van der Waals surface area contributed by atoms with Crippen molar-refractivity contribution in [3.63, 3.8) is 0 Å². The molecule has 0 heterocycles. The number of hydrogen-bond donors (Lipinski definition) is 1. The Morgan fingerprint density at radius 1 is 1.32 bits per heavy atom. The van der Waals surface area contributed by atoms with Crippen molar-refractivity contribution in [2.75, 3.05) is 13.7 Å². The van der Waals surface area contributed by atoms with Crippen molar-refractivity contribution < 1.29 is 14.3 Å². The lowest BCUT2D eigenvalue weighted by molar-refractivity contribution is -0.154. The van der Waals surface area contributed by atoms with Crippen LogP contribution in [0.25, 0.3) is 0 Å². The molecule has 106 valence electrons. The maximum atomic E-state index is 11.5. The van der Waals surface area contributed by atoms with Crippen molar-refractivity contribution in [1.82, 2.24) is 5.32 Å². The molecule has 0 bridgehead atoms. The monoisotopic (exact) mass is 265 g/mol. The smallest absolute Gasteiger partial charge is 0.307 e. The van der Waals surface area contributed by atoms with Gasteiger partial charge in [0.1, 0.15) is 11.4 Å². The van der Waals surface area contributed by atoms with Crippen LogP contribution in [-0.2, 0) is 16.1 Å². The fourth-order valence-corrected chi connectivity index (χ4v) is 1.60. The van der Waals surface area contributed by atoms with Crippen molar-refractivity contribution in [3.8, 4) is 5.75 Å². The largest absolute Gasteiger partial charge is 0.497 e. The molecule has 1 N–H and O–H groups in total. The van der Waals surface area contributed by atoms with Crippen molar-refractivity contribution in [1.29, 1.82) is 0 Å². The molecule has 0 fully saturated rings. The summed E-state index contributed by atoms with van der Waals surface area (Å²) in [6, 6.07) is 7.84. The van der Waals surface area contributed by atoms with Crippen LogP contribution >= 0.6 is 0 Å². The molecule has 4 nitrogen and oxygen atoms in total. The Labute approximate surface area is 115 Å². The van der Waals surface area contributed by atoms with Crippen LogP contribution < -0.4 is 10.1 Å². The Bertz CT molecular complexity index is 410. The number of carbonyl (C=O) groups excluding carboxylic acids is 1. The average Bonchev–Trinajstić information content (AvgIpc) is 2.33. The molecule has 0 radical (unpaired) electrons. The van der Waals surface area contributed by atoms with Crippen LogP contribution in [0.2, 0.25) is 0 Å². The highest BCUT2D eigenvalue weighted by atomic mass is 16.6. The number of methoxy groups -OCH3 is 1. The van der Waals surface area contributed by atoms with Gasteiger partial charge in [-0.05, 0) is 38.5 Å². The molecule has 0 aromatic heterocycles. The molecule has 0 amide bonds. The van der Waals surface area contributed by atoms with E-state index < -0.39 is 5.60 Å². The summed E-state index contributed by atoms with van der Waals surface area (Å²) in [5.74, 6) is 0.664. The quantitative estimate of drug-likeness (QED) is 0.634. The van der Waals surface area contributed by atoms with Crippen molar-refractivity contribution in [3.05, 3.63) is 29.8 Å². The molecule has 0 saturated carbocycles. The van der Waals surface area contributed by atoms with E-state index >= 15 is 0 Å². The molecule has 4 heteroatoms. The van der Waals surface area contributed by atoms with Gasteiger partial charge in [-0.15, -0.1) is 0 Å². The van der Waals surface area contributed by atoms with E-state index in [1.807, 2.05) is 45.0 Å². The van der Waals surface area contributed by atoms with Crippen LogP contribution in [-0.4, -0.2) is 25.2 Å². The number of rotatable bonds is 6. The minimum Gasteiger partial charge on any atom is -0.497 e. The number of nitrogens with one attached hydrogen (secondary N) is 1. The lowest BCUT2D eigenvalue weighted by Crippen LogP contribution is -2.26. The second-order valence-corrected chi connectivity index (χ2v) is 5.36. The Balaban J connectivity index is 2.25. The fraction of sp³-hybridized carbons (Fsp3) is 0.533. The molecule has 0 atom stereocenters. The topological polar surface area (TPSA) is 47.6 Å². The molecule has 1 aromatic rings. The van der Waals surface area contributed by atoms with E-state index in [1.165, 1.54) is 0 Å². The predicted molar refractivity (Wildman–Crippen MR) is 75.2 cm³/mol. The minimum atomic E-state index is -0.413. The third-order valence-electron chi connectivity index (χ3n) is 2.39. The molecule has 0 unspecified atom stereocenters. The summed E-state index contributed by atoms with van der Waals surface area (Å²) in [7, 11) is 1.65. The standard InChI is InChI=1S/C15H23NO3/c1-15(2,3)19-14(17)8-9-16-11-12-6-5-7-13(10-12)18-4/h5-7,10,16H,8-9,11H2,1-4H3. The van der Waals surface area contributed by atoms with Crippen LogP contribution in [0.3, 0.4) is 0 Å². The third kappa shape index (κ3) is 6.82. The van der Waals surface area contributed by atoms with Gasteiger partial charge in [0.25, 0.3) is 0 Å². The Kier molecular flexibility index (Phi) is 5.83. The van der Waals surface area contributed by atoms with Gasteiger partial charge >= 0.3 is 5.97 Å². The molecule has 1 aromatic carbocycles. The van der Waals surface area contributed by atoms with Gasteiger partial charge < -0.3 is 14.8 Å². The van der Waals surface area contributed by atoms with Gasteiger partial charge in [-0.25, -0.2) is 0 Å². The summed E-state index contributed by atoms with van der Waals surface area (Å²) in [5.41, 5.74) is 0.715. The van der Waals surface area contributed by atoms with Crippen LogP contribution in [0.15, 0.2) is 24.3 Å². The molecule has 0 aliphatic rings. The Hall–Kier alpha value is -1.55.